The maximum absolute atomic E-state index is 12.8. The van der Waals surface area contributed by atoms with E-state index in [1.165, 1.54) is 30.1 Å². The number of amides is 2. The average molecular weight is 371 g/mol. The number of ether oxygens (including phenoxy) is 1. The molecule has 0 saturated carbocycles. The van der Waals surface area contributed by atoms with Crippen molar-refractivity contribution in [2.75, 3.05) is 18.5 Å². The topological polar surface area (TPSA) is 102 Å². The Bertz CT molecular complexity index is 836. The van der Waals surface area contributed by atoms with Crippen LogP contribution in [0.1, 0.15) is 24.2 Å². The van der Waals surface area contributed by atoms with Crippen LogP contribution >= 0.6 is 0 Å². The molecular formula is C19H21N3O5. The molecule has 0 saturated heterocycles. The highest BCUT2D eigenvalue weighted by molar-refractivity contribution is 6.04. The molecule has 0 bridgehead atoms. The van der Waals surface area contributed by atoms with Gasteiger partial charge < -0.3 is 10.1 Å². The Hall–Kier alpha value is -3.42. The van der Waals surface area contributed by atoms with Gasteiger partial charge in [-0.2, -0.15) is 0 Å². The predicted molar refractivity (Wildman–Crippen MR) is 101 cm³/mol. The highest BCUT2D eigenvalue weighted by atomic mass is 16.6. The second-order valence-corrected chi connectivity index (χ2v) is 6.22. The molecule has 0 fully saturated rings. The zero-order chi connectivity index (χ0) is 20.0. The van der Waals surface area contributed by atoms with Gasteiger partial charge in [-0.25, -0.2) is 4.79 Å². The monoisotopic (exact) mass is 371 g/mol. The summed E-state index contributed by atoms with van der Waals surface area (Å²) in [6.07, 6.45) is -0.722. The van der Waals surface area contributed by atoms with Crippen molar-refractivity contribution in [3.05, 3.63) is 64.2 Å². The Morgan fingerprint density at radius 2 is 1.85 bits per heavy atom. The summed E-state index contributed by atoms with van der Waals surface area (Å²) in [5.74, 6) is -0.0885. The van der Waals surface area contributed by atoms with E-state index in [1.807, 2.05) is 13.8 Å². The van der Waals surface area contributed by atoms with E-state index in [4.69, 9.17) is 4.74 Å². The normalized spacial score (nSPS) is 10.4. The number of nitrogens with zero attached hydrogens (tertiary/aromatic N) is 2. The molecule has 0 unspecified atom stereocenters. The van der Waals surface area contributed by atoms with Crippen LogP contribution in [0, 0.1) is 16.0 Å². The fourth-order valence-corrected chi connectivity index (χ4v) is 2.46. The van der Waals surface area contributed by atoms with E-state index in [2.05, 4.69) is 5.32 Å². The van der Waals surface area contributed by atoms with E-state index in [0.717, 1.165) is 0 Å². The van der Waals surface area contributed by atoms with Gasteiger partial charge in [0.1, 0.15) is 5.75 Å². The molecule has 0 aromatic heterocycles. The Morgan fingerprint density at radius 3 is 2.41 bits per heavy atom. The number of non-ortho nitro benzene ring substituents is 1. The summed E-state index contributed by atoms with van der Waals surface area (Å²) in [6.45, 7) is 4.00. The lowest BCUT2D eigenvalue weighted by Gasteiger charge is -2.25. The van der Waals surface area contributed by atoms with E-state index in [1.54, 1.807) is 30.3 Å². The van der Waals surface area contributed by atoms with Crippen LogP contribution in [-0.4, -0.2) is 30.5 Å². The maximum atomic E-state index is 12.8. The maximum Gasteiger partial charge on any atom is 0.419 e. The number of nitro groups is 1. The number of benzene rings is 2. The Labute approximate surface area is 156 Å². The zero-order valence-electron chi connectivity index (χ0n) is 15.3. The number of nitro benzene ring substituents is 1. The summed E-state index contributed by atoms with van der Waals surface area (Å²) in [5.41, 5.74) is 0.0471. The molecule has 2 amide bonds. The van der Waals surface area contributed by atoms with Gasteiger partial charge in [0.25, 0.3) is 11.6 Å². The van der Waals surface area contributed by atoms with Crippen LogP contribution in [0.4, 0.5) is 16.2 Å². The lowest BCUT2D eigenvalue weighted by Crippen LogP contribution is -2.38. The van der Waals surface area contributed by atoms with Crippen molar-refractivity contribution in [1.82, 2.24) is 5.32 Å². The number of hydrogen-bond donors (Lipinski definition) is 1. The van der Waals surface area contributed by atoms with Gasteiger partial charge in [-0.15, -0.1) is 0 Å². The summed E-state index contributed by atoms with van der Waals surface area (Å²) >= 11 is 0. The first-order chi connectivity index (χ1) is 12.8. The highest BCUT2D eigenvalue weighted by Gasteiger charge is 2.26. The second kappa shape index (κ2) is 8.79. The van der Waals surface area contributed by atoms with Gasteiger partial charge in [0.2, 0.25) is 0 Å². The second-order valence-electron chi connectivity index (χ2n) is 6.22. The van der Waals surface area contributed by atoms with Crippen LogP contribution in [-0.2, 0) is 0 Å². The number of anilines is 1. The largest absolute Gasteiger partial charge is 0.419 e. The van der Waals surface area contributed by atoms with Crippen LogP contribution in [0.3, 0.4) is 0 Å². The summed E-state index contributed by atoms with van der Waals surface area (Å²) in [7, 11) is 1.45. The third-order valence-electron chi connectivity index (χ3n) is 3.67. The minimum Gasteiger partial charge on any atom is -0.410 e. The molecule has 0 aliphatic rings. The van der Waals surface area contributed by atoms with Crippen molar-refractivity contribution in [2.24, 2.45) is 5.92 Å². The van der Waals surface area contributed by atoms with E-state index < -0.39 is 16.9 Å². The molecule has 0 spiro atoms. The molecule has 0 atom stereocenters. The van der Waals surface area contributed by atoms with Crippen molar-refractivity contribution in [1.29, 1.82) is 0 Å². The molecule has 1 N–H and O–H groups in total. The number of hydrogen-bond acceptors (Lipinski definition) is 5. The Kier molecular flexibility index (Phi) is 6.48. The fourth-order valence-electron chi connectivity index (χ4n) is 2.46. The van der Waals surface area contributed by atoms with Crippen molar-refractivity contribution in [3.8, 4) is 5.75 Å². The molecule has 0 aliphatic carbocycles. The summed E-state index contributed by atoms with van der Waals surface area (Å²) in [4.78, 5) is 36.9. The van der Waals surface area contributed by atoms with E-state index in [-0.39, 0.29) is 29.4 Å². The first kappa shape index (κ1) is 19.9. The molecular weight excluding hydrogens is 350 g/mol. The molecule has 0 radical (unpaired) electrons. The lowest BCUT2D eigenvalue weighted by atomic mass is 10.1. The molecule has 8 heteroatoms. The summed E-state index contributed by atoms with van der Waals surface area (Å²) < 4.78 is 5.39. The third-order valence-corrected chi connectivity index (χ3v) is 3.67. The number of nitrogens with one attached hydrogen (secondary N) is 1. The van der Waals surface area contributed by atoms with Gasteiger partial charge in [-0.1, -0.05) is 32.0 Å². The molecule has 2 rings (SSSR count). The minimum atomic E-state index is -0.722. The van der Waals surface area contributed by atoms with E-state index >= 15 is 0 Å². The first-order valence-electron chi connectivity index (χ1n) is 8.38. The van der Waals surface area contributed by atoms with Gasteiger partial charge in [-0.05, 0) is 24.1 Å². The van der Waals surface area contributed by atoms with Gasteiger partial charge in [0, 0.05) is 25.7 Å². The molecule has 8 nitrogen and oxygen atoms in total. The number of para-hydroxylation sites is 1. The molecule has 142 valence electrons. The van der Waals surface area contributed by atoms with Crippen molar-refractivity contribution in [2.45, 2.75) is 13.8 Å². The minimum absolute atomic E-state index is 0.0325. The van der Waals surface area contributed by atoms with Crippen molar-refractivity contribution < 1.29 is 19.2 Å². The fraction of sp³-hybridized carbons (Fsp3) is 0.263. The van der Waals surface area contributed by atoms with Gasteiger partial charge in [-0.3, -0.25) is 19.8 Å². The van der Waals surface area contributed by atoms with Crippen molar-refractivity contribution >= 4 is 23.4 Å². The highest BCUT2D eigenvalue weighted by Crippen LogP contribution is 2.28. The lowest BCUT2D eigenvalue weighted by molar-refractivity contribution is -0.384. The molecule has 0 heterocycles. The quantitative estimate of drug-likeness (QED) is 0.617. The number of carbonyl (C=O) groups excluding carboxylic acids is 2. The molecule has 0 aliphatic heterocycles. The molecule has 2 aromatic rings. The Balaban J connectivity index is 2.50. The molecule has 27 heavy (non-hydrogen) atoms. The van der Waals surface area contributed by atoms with Gasteiger partial charge in [0.15, 0.2) is 0 Å². The van der Waals surface area contributed by atoms with Crippen LogP contribution in [0.5, 0.6) is 5.75 Å². The zero-order valence-corrected chi connectivity index (χ0v) is 15.3. The van der Waals surface area contributed by atoms with Crippen LogP contribution < -0.4 is 15.0 Å². The third kappa shape index (κ3) is 5.04. The smallest absolute Gasteiger partial charge is 0.410 e. The molecule has 2 aromatic carbocycles. The first-order valence-corrected chi connectivity index (χ1v) is 8.38. The standard InChI is InChI=1S/C19H21N3O5/c1-13(2)12-21(19(24)27-15-7-5-4-6-8-15)17-11-14(22(25)26)9-10-16(17)18(23)20-3/h4-11,13H,12H2,1-3H3,(H,20,23). The average Bonchev–Trinajstić information content (AvgIpc) is 2.65. The number of carbonyl (C=O) groups is 2. The van der Waals surface area contributed by atoms with Crippen LogP contribution in [0.15, 0.2) is 48.5 Å². The van der Waals surface area contributed by atoms with Crippen LogP contribution in [0.2, 0.25) is 0 Å². The summed E-state index contributed by atoms with van der Waals surface area (Å²) in [6, 6.07) is 12.2. The van der Waals surface area contributed by atoms with Crippen molar-refractivity contribution in [3.63, 3.8) is 0 Å². The predicted octanol–water partition coefficient (Wildman–Crippen LogP) is 3.62. The Morgan fingerprint density at radius 1 is 1.19 bits per heavy atom. The summed E-state index contributed by atoms with van der Waals surface area (Å²) in [5, 5.41) is 13.7. The van der Waals surface area contributed by atoms with Gasteiger partial charge in [0.05, 0.1) is 16.2 Å². The number of rotatable bonds is 6. The van der Waals surface area contributed by atoms with E-state index in [0.29, 0.717) is 5.75 Å². The van der Waals surface area contributed by atoms with Crippen LogP contribution in [0.25, 0.3) is 0 Å². The van der Waals surface area contributed by atoms with E-state index in [9.17, 15) is 19.7 Å². The van der Waals surface area contributed by atoms with Gasteiger partial charge >= 0.3 is 6.09 Å². The SMILES string of the molecule is CNC(=O)c1ccc([N+](=O)[O-])cc1N(CC(C)C)C(=O)Oc1ccccc1.